The zero-order chi connectivity index (χ0) is 30.2. The number of carbonyl (C=O) groups is 2. The average molecular weight is 615 g/mol. The SMILES string of the molecule is COc1ccc(S(=O)(=O)N2C(=O)C(NCCC(=O)O)(c3ccccc3OC)c3cc(Cl)ccc32)c(OC(F)(F)F)c1. The standard InChI is InChI=1S/C26H22ClF3N2O8S/c1-38-16-8-10-22(21(14-16)40-26(28,29)30)41(36,37)32-19-9-7-15(27)13-18(19)25(24(32)35,31-12-11-23(33)34)17-5-3-4-6-20(17)39-2/h3-10,13-14,31H,11-12H2,1-2H3,(H,33,34). The number of halogens is 4. The van der Waals surface area contributed by atoms with Gasteiger partial charge in [0.2, 0.25) is 0 Å². The molecule has 0 saturated carbocycles. The van der Waals surface area contributed by atoms with Crippen molar-refractivity contribution in [1.29, 1.82) is 0 Å². The van der Waals surface area contributed by atoms with Crippen LogP contribution in [0.2, 0.25) is 5.02 Å². The first-order chi connectivity index (χ1) is 19.3. The van der Waals surface area contributed by atoms with Crippen LogP contribution in [-0.2, 0) is 25.2 Å². The summed E-state index contributed by atoms with van der Waals surface area (Å²) in [5.41, 5.74) is -2.20. The first-order valence-electron chi connectivity index (χ1n) is 11.7. The van der Waals surface area contributed by atoms with Crippen molar-refractivity contribution in [1.82, 2.24) is 5.32 Å². The fraction of sp³-hybridized carbons (Fsp3) is 0.231. The summed E-state index contributed by atoms with van der Waals surface area (Å²) in [5, 5.41) is 12.2. The van der Waals surface area contributed by atoms with E-state index in [9.17, 15) is 36.3 Å². The van der Waals surface area contributed by atoms with Crippen LogP contribution in [0, 0.1) is 0 Å². The van der Waals surface area contributed by atoms with Crippen molar-refractivity contribution in [2.24, 2.45) is 0 Å². The van der Waals surface area contributed by atoms with Crippen LogP contribution in [0.4, 0.5) is 18.9 Å². The lowest BCUT2D eigenvalue weighted by Crippen LogP contribution is -2.53. The van der Waals surface area contributed by atoms with E-state index in [4.69, 9.17) is 21.1 Å². The predicted molar refractivity (Wildman–Crippen MR) is 140 cm³/mol. The lowest BCUT2D eigenvalue weighted by Gasteiger charge is -2.31. The number of methoxy groups -OCH3 is 2. The molecule has 1 aliphatic heterocycles. The van der Waals surface area contributed by atoms with Crippen molar-refractivity contribution >= 4 is 39.2 Å². The maximum absolute atomic E-state index is 14.4. The zero-order valence-corrected chi connectivity index (χ0v) is 22.9. The van der Waals surface area contributed by atoms with Crippen molar-refractivity contribution < 1.29 is 50.5 Å². The summed E-state index contributed by atoms with van der Waals surface area (Å²) in [6.07, 6.45) is -5.74. The van der Waals surface area contributed by atoms with E-state index in [1.165, 1.54) is 37.4 Å². The van der Waals surface area contributed by atoms with Crippen LogP contribution in [-0.4, -0.2) is 52.5 Å². The molecule has 3 aromatic rings. The molecule has 0 aliphatic carbocycles. The molecule has 0 aromatic heterocycles. The van der Waals surface area contributed by atoms with Gasteiger partial charge in [0.15, 0.2) is 11.3 Å². The predicted octanol–water partition coefficient (Wildman–Crippen LogP) is 4.30. The Labute approximate surface area is 237 Å². The largest absolute Gasteiger partial charge is 0.573 e. The van der Waals surface area contributed by atoms with Crippen molar-refractivity contribution in [2.45, 2.75) is 23.2 Å². The normalized spacial score (nSPS) is 16.8. The quantitative estimate of drug-likeness (QED) is 0.343. The highest BCUT2D eigenvalue weighted by Gasteiger charge is 2.57. The second-order valence-corrected chi connectivity index (χ2v) is 10.8. The smallest absolute Gasteiger partial charge is 0.497 e. The fourth-order valence-electron chi connectivity index (χ4n) is 4.57. The van der Waals surface area contributed by atoms with Gasteiger partial charge in [-0.1, -0.05) is 29.8 Å². The topological polar surface area (TPSA) is 131 Å². The number of amides is 1. The Kier molecular flexibility index (Phi) is 8.11. The van der Waals surface area contributed by atoms with E-state index in [1.807, 2.05) is 0 Å². The molecular weight excluding hydrogens is 593 g/mol. The molecule has 218 valence electrons. The van der Waals surface area contributed by atoms with Gasteiger partial charge < -0.3 is 19.3 Å². The summed E-state index contributed by atoms with van der Waals surface area (Å²) >= 11 is 6.26. The number of hydrogen-bond donors (Lipinski definition) is 2. The maximum atomic E-state index is 14.4. The van der Waals surface area contributed by atoms with Gasteiger partial charge in [-0.05, 0) is 36.4 Å². The number of nitrogens with zero attached hydrogens (tertiary/aromatic N) is 1. The number of ether oxygens (including phenoxy) is 3. The molecular formula is C26H22ClF3N2O8S. The number of nitrogens with one attached hydrogen (secondary N) is 1. The van der Waals surface area contributed by atoms with Crippen molar-refractivity contribution in [3.05, 3.63) is 76.8 Å². The van der Waals surface area contributed by atoms with Gasteiger partial charge in [0.05, 0.1) is 26.3 Å². The minimum absolute atomic E-state index is 0.000246. The van der Waals surface area contributed by atoms with Gasteiger partial charge in [-0.25, -0.2) is 12.7 Å². The number of hydrogen-bond acceptors (Lipinski definition) is 8. The number of benzene rings is 3. The van der Waals surface area contributed by atoms with Crippen LogP contribution < -0.4 is 23.8 Å². The van der Waals surface area contributed by atoms with Crippen LogP contribution in [0.5, 0.6) is 17.2 Å². The van der Waals surface area contributed by atoms with Crippen molar-refractivity contribution in [3.8, 4) is 17.2 Å². The molecule has 2 N–H and O–H groups in total. The van der Waals surface area contributed by atoms with Crippen molar-refractivity contribution in [3.63, 3.8) is 0 Å². The van der Waals surface area contributed by atoms with E-state index in [-0.39, 0.29) is 39.9 Å². The Bertz CT molecular complexity index is 1620. The van der Waals surface area contributed by atoms with E-state index in [0.717, 1.165) is 25.3 Å². The summed E-state index contributed by atoms with van der Waals surface area (Å²) in [5.74, 6) is -3.51. The summed E-state index contributed by atoms with van der Waals surface area (Å²) in [4.78, 5) is 24.8. The Morgan fingerprint density at radius 2 is 1.73 bits per heavy atom. The molecule has 15 heteroatoms. The molecule has 0 radical (unpaired) electrons. The number of rotatable bonds is 10. The van der Waals surface area contributed by atoms with E-state index < -0.39 is 50.9 Å². The third kappa shape index (κ3) is 5.49. The molecule has 41 heavy (non-hydrogen) atoms. The van der Waals surface area contributed by atoms with Crippen molar-refractivity contribution in [2.75, 3.05) is 25.1 Å². The summed E-state index contributed by atoms with van der Waals surface area (Å²) in [7, 11) is -2.64. The molecule has 3 aromatic carbocycles. The van der Waals surface area contributed by atoms with Gasteiger partial charge in [0.25, 0.3) is 15.9 Å². The average Bonchev–Trinajstić information content (AvgIpc) is 3.15. The monoisotopic (exact) mass is 614 g/mol. The third-order valence-corrected chi connectivity index (χ3v) is 8.19. The molecule has 1 unspecified atom stereocenters. The lowest BCUT2D eigenvalue weighted by atomic mass is 9.83. The van der Waals surface area contributed by atoms with Crippen LogP contribution in [0.1, 0.15) is 17.5 Å². The highest BCUT2D eigenvalue weighted by atomic mass is 35.5. The summed E-state index contributed by atoms with van der Waals surface area (Å²) < 4.78 is 82.8. The maximum Gasteiger partial charge on any atom is 0.573 e. The lowest BCUT2D eigenvalue weighted by molar-refractivity contribution is -0.275. The molecule has 1 atom stereocenters. The molecule has 1 amide bonds. The minimum Gasteiger partial charge on any atom is -0.497 e. The van der Waals surface area contributed by atoms with E-state index >= 15 is 0 Å². The fourth-order valence-corrected chi connectivity index (χ4v) is 6.31. The van der Waals surface area contributed by atoms with Gasteiger partial charge in [-0.2, -0.15) is 0 Å². The van der Waals surface area contributed by atoms with Crippen LogP contribution in [0.3, 0.4) is 0 Å². The molecule has 0 fully saturated rings. The summed E-state index contributed by atoms with van der Waals surface area (Å²) in [6, 6.07) is 12.6. The van der Waals surface area contributed by atoms with E-state index in [2.05, 4.69) is 10.1 Å². The molecule has 0 saturated heterocycles. The number of aliphatic carboxylic acids is 1. The number of alkyl halides is 3. The van der Waals surface area contributed by atoms with Gasteiger partial charge in [-0.15, -0.1) is 13.2 Å². The molecule has 10 nitrogen and oxygen atoms in total. The second kappa shape index (κ2) is 11.1. The van der Waals surface area contributed by atoms with Crippen LogP contribution >= 0.6 is 11.6 Å². The Balaban J connectivity index is 2.01. The number of carboxylic acids is 1. The highest BCUT2D eigenvalue weighted by molar-refractivity contribution is 7.93. The summed E-state index contributed by atoms with van der Waals surface area (Å²) in [6.45, 7) is -0.316. The molecule has 1 heterocycles. The van der Waals surface area contributed by atoms with E-state index in [1.54, 1.807) is 12.1 Å². The Hall–Kier alpha value is -4.01. The number of para-hydroxylation sites is 1. The van der Waals surface area contributed by atoms with Gasteiger partial charge >= 0.3 is 12.3 Å². The van der Waals surface area contributed by atoms with Gasteiger partial charge in [0.1, 0.15) is 16.4 Å². The zero-order valence-electron chi connectivity index (χ0n) is 21.4. The first-order valence-corrected chi connectivity index (χ1v) is 13.5. The molecule has 1 aliphatic rings. The molecule has 0 spiro atoms. The first kappa shape index (κ1) is 30.0. The number of anilines is 1. The molecule has 0 bridgehead atoms. The highest BCUT2D eigenvalue weighted by Crippen LogP contribution is 2.50. The molecule has 4 rings (SSSR count). The second-order valence-electron chi connectivity index (χ2n) is 8.62. The van der Waals surface area contributed by atoms with Crippen LogP contribution in [0.15, 0.2) is 65.6 Å². The number of carbonyl (C=O) groups excluding carboxylic acids is 1. The Morgan fingerprint density at radius 1 is 1.02 bits per heavy atom. The van der Waals surface area contributed by atoms with Crippen LogP contribution in [0.25, 0.3) is 0 Å². The Morgan fingerprint density at radius 3 is 2.37 bits per heavy atom. The minimum atomic E-state index is -5.28. The van der Waals surface area contributed by atoms with E-state index in [0.29, 0.717) is 4.31 Å². The number of sulfonamides is 1. The number of fused-ring (bicyclic) bond motifs is 1. The van der Waals surface area contributed by atoms with Gasteiger partial charge in [0, 0.05) is 28.8 Å². The third-order valence-electron chi connectivity index (χ3n) is 6.22. The van der Waals surface area contributed by atoms with Gasteiger partial charge in [-0.3, -0.25) is 14.9 Å². The number of carboxylic acid groups (broad SMARTS) is 1.